The molecule has 2 atom stereocenters. The molecule has 1 aliphatic rings. The Hall–Kier alpha value is -1.50. The Bertz CT molecular complexity index is 600. The molecule has 2 unspecified atom stereocenters. The van der Waals surface area contributed by atoms with Crippen LogP contribution in [0, 0.1) is 5.92 Å². The van der Waals surface area contributed by atoms with Gasteiger partial charge in [0.15, 0.2) is 0 Å². The molecular formula is C17H19F2NO2S. The van der Waals surface area contributed by atoms with Crippen molar-refractivity contribution in [2.24, 2.45) is 5.92 Å². The Balaban J connectivity index is 1.57. The van der Waals surface area contributed by atoms with Crippen LogP contribution in [0.25, 0.3) is 0 Å². The van der Waals surface area contributed by atoms with Gasteiger partial charge in [0.25, 0.3) is 0 Å². The number of alkyl halides is 2. The molecule has 0 saturated heterocycles. The molecule has 0 radical (unpaired) electrons. The predicted molar refractivity (Wildman–Crippen MR) is 85.8 cm³/mol. The van der Waals surface area contributed by atoms with Crippen LogP contribution >= 0.6 is 11.3 Å². The van der Waals surface area contributed by atoms with Crippen molar-refractivity contribution >= 4 is 11.3 Å². The normalized spacial score (nSPS) is 17.2. The van der Waals surface area contributed by atoms with E-state index in [4.69, 9.17) is 0 Å². The summed E-state index contributed by atoms with van der Waals surface area (Å²) in [6.45, 7) is -2.41. The maximum atomic E-state index is 12.1. The molecule has 1 aromatic carbocycles. The van der Waals surface area contributed by atoms with Crippen LogP contribution in [0.3, 0.4) is 0 Å². The lowest BCUT2D eigenvalue weighted by Gasteiger charge is -2.20. The Kier molecular flexibility index (Phi) is 5.25. The maximum absolute atomic E-state index is 12.1. The van der Waals surface area contributed by atoms with E-state index in [1.54, 1.807) is 23.5 Å². The van der Waals surface area contributed by atoms with Gasteiger partial charge < -0.3 is 15.2 Å². The first-order valence-corrected chi connectivity index (χ1v) is 8.51. The molecule has 3 rings (SSSR count). The standard InChI is InChI=1S/C17H19F2NO2S/c18-17(19)22-13-7-5-11(6-8-13)14(21)10-20-16(12-3-4-12)15-2-1-9-23-15/h1-2,5-9,12,14,16-17,20-21H,3-4,10H2. The Morgan fingerprint density at radius 3 is 2.52 bits per heavy atom. The van der Waals surface area contributed by atoms with Gasteiger partial charge in [0, 0.05) is 17.5 Å². The van der Waals surface area contributed by atoms with Gasteiger partial charge >= 0.3 is 6.61 Å². The third-order valence-corrected chi connectivity index (χ3v) is 4.92. The summed E-state index contributed by atoms with van der Waals surface area (Å²) in [6.07, 6.45) is 1.74. The zero-order valence-electron chi connectivity index (χ0n) is 12.5. The number of rotatable bonds is 8. The van der Waals surface area contributed by atoms with E-state index in [9.17, 15) is 13.9 Å². The molecular weight excluding hydrogens is 320 g/mol. The fraction of sp³-hybridized carbons (Fsp3) is 0.412. The minimum atomic E-state index is -2.84. The molecule has 0 amide bonds. The van der Waals surface area contributed by atoms with E-state index in [-0.39, 0.29) is 11.8 Å². The third-order valence-electron chi connectivity index (χ3n) is 3.96. The van der Waals surface area contributed by atoms with Gasteiger partial charge in [-0.2, -0.15) is 8.78 Å². The molecule has 1 saturated carbocycles. The highest BCUT2D eigenvalue weighted by atomic mass is 32.1. The lowest BCUT2D eigenvalue weighted by molar-refractivity contribution is -0.0498. The van der Waals surface area contributed by atoms with Crippen molar-refractivity contribution in [1.82, 2.24) is 5.32 Å². The second-order valence-electron chi connectivity index (χ2n) is 5.70. The van der Waals surface area contributed by atoms with Crippen molar-refractivity contribution in [3.8, 4) is 5.75 Å². The fourth-order valence-corrected chi connectivity index (χ4v) is 3.52. The summed E-state index contributed by atoms with van der Waals surface area (Å²) in [6, 6.07) is 10.6. The molecule has 2 N–H and O–H groups in total. The van der Waals surface area contributed by atoms with Crippen molar-refractivity contribution in [3.63, 3.8) is 0 Å². The van der Waals surface area contributed by atoms with Gasteiger partial charge in [0.05, 0.1) is 6.10 Å². The van der Waals surface area contributed by atoms with Crippen molar-refractivity contribution in [3.05, 3.63) is 52.2 Å². The fourth-order valence-electron chi connectivity index (χ4n) is 2.63. The molecule has 6 heteroatoms. The minimum absolute atomic E-state index is 0.0957. The third kappa shape index (κ3) is 4.50. The first kappa shape index (κ1) is 16.4. The van der Waals surface area contributed by atoms with E-state index in [1.807, 2.05) is 6.07 Å². The average Bonchev–Trinajstić information content (AvgIpc) is 3.22. The van der Waals surface area contributed by atoms with Crippen LogP contribution in [-0.4, -0.2) is 18.3 Å². The number of ether oxygens (including phenoxy) is 1. The van der Waals surface area contributed by atoms with E-state index < -0.39 is 12.7 Å². The zero-order chi connectivity index (χ0) is 16.2. The summed E-state index contributed by atoms with van der Waals surface area (Å²) in [5, 5.41) is 15.8. The molecule has 0 aliphatic heterocycles. The number of benzene rings is 1. The lowest BCUT2D eigenvalue weighted by Crippen LogP contribution is -2.27. The molecule has 3 nitrogen and oxygen atoms in total. The highest BCUT2D eigenvalue weighted by Crippen LogP contribution is 2.42. The largest absolute Gasteiger partial charge is 0.435 e. The Labute approximate surface area is 137 Å². The molecule has 0 bridgehead atoms. The quantitative estimate of drug-likeness (QED) is 0.760. The number of nitrogens with one attached hydrogen (secondary N) is 1. The smallest absolute Gasteiger partial charge is 0.387 e. The number of thiophene rings is 1. The molecule has 2 aromatic rings. The van der Waals surface area contributed by atoms with Crippen LogP contribution in [0.1, 0.15) is 35.4 Å². The topological polar surface area (TPSA) is 41.5 Å². The first-order chi connectivity index (χ1) is 11.1. The van der Waals surface area contributed by atoms with Crippen LogP contribution in [0.5, 0.6) is 5.75 Å². The molecule has 1 aliphatic carbocycles. The lowest BCUT2D eigenvalue weighted by atomic mass is 10.1. The number of aliphatic hydroxyl groups is 1. The van der Waals surface area contributed by atoms with Gasteiger partial charge in [-0.05, 0) is 47.9 Å². The van der Waals surface area contributed by atoms with Crippen LogP contribution in [-0.2, 0) is 0 Å². The molecule has 23 heavy (non-hydrogen) atoms. The number of hydrogen-bond donors (Lipinski definition) is 2. The van der Waals surface area contributed by atoms with Crippen molar-refractivity contribution < 1.29 is 18.6 Å². The second kappa shape index (κ2) is 7.38. The van der Waals surface area contributed by atoms with Crippen LogP contribution < -0.4 is 10.1 Å². The van der Waals surface area contributed by atoms with Crippen molar-refractivity contribution in [2.75, 3.05) is 6.54 Å². The predicted octanol–water partition coefficient (Wildman–Crippen LogP) is 4.12. The summed E-state index contributed by atoms with van der Waals surface area (Å²) in [5.74, 6) is 0.737. The van der Waals surface area contributed by atoms with Crippen LogP contribution in [0.15, 0.2) is 41.8 Å². The first-order valence-electron chi connectivity index (χ1n) is 7.63. The Morgan fingerprint density at radius 1 is 1.22 bits per heavy atom. The monoisotopic (exact) mass is 339 g/mol. The summed E-state index contributed by atoms with van der Waals surface area (Å²) in [5.41, 5.74) is 0.680. The van der Waals surface area contributed by atoms with E-state index in [0.29, 0.717) is 18.0 Å². The molecule has 124 valence electrons. The van der Waals surface area contributed by atoms with Crippen molar-refractivity contribution in [1.29, 1.82) is 0 Å². The molecule has 1 fully saturated rings. The molecule has 1 heterocycles. The highest BCUT2D eigenvalue weighted by Gasteiger charge is 2.32. The van der Waals surface area contributed by atoms with Gasteiger partial charge in [-0.1, -0.05) is 18.2 Å². The summed E-state index contributed by atoms with van der Waals surface area (Å²) in [7, 11) is 0. The Morgan fingerprint density at radius 2 is 1.96 bits per heavy atom. The minimum Gasteiger partial charge on any atom is -0.435 e. The summed E-state index contributed by atoms with van der Waals surface area (Å²) in [4.78, 5) is 1.29. The SMILES string of the molecule is OC(CNC(c1cccs1)C1CC1)c1ccc(OC(F)F)cc1. The van der Waals surface area contributed by atoms with E-state index in [1.165, 1.54) is 29.9 Å². The molecule has 1 aromatic heterocycles. The highest BCUT2D eigenvalue weighted by molar-refractivity contribution is 7.10. The van der Waals surface area contributed by atoms with Gasteiger partial charge in [0.2, 0.25) is 0 Å². The van der Waals surface area contributed by atoms with E-state index >= 15 is 0 Å². The van der Waals surface area contributed by atoms with E-state index in [0.717, 1.165) is 0 Å². The van der Waals surface area contributed by atoms with Crippen LogP contribution in [0.4, 0.5) is 8.78 Å². The second-order valence-corrected chi connectivity index (χ2v) is 6.68. The number of hydrogen-bond acceptors (Lipinski definition) is 4. The van der Waals surface area contributed by atoms with Gasteiger partial charge in [-0.3, -0.25) is 0 Å². The molecule has 0 spiro atoms. The number of halogens is 2. The van der Waals surface area contributed by atoms with Gasteiger partial charge in [-0.25, -0.2) is 0 Å². The van der Waals surface area contributed by atoms with Crippen molar-refractivity contribution in [2.45, 2.75) is 31.6 Å². The summed E-state index contributed by atoms with van der Waals surface area (Å²) < 4.78 is 28.6. The number of aliphatic hydroxyl groups excluding tert-OH is 1. The van der Waals surface area contributed by atoms with Gasteiger partial charge in [-0.15, -0.1) is 11.3 Å². The van der Waals surface area contributed by atoms with E-state index in [2.05, 4.69) is 21.5 Å². The maximum Gasteiger partial charge on any atom is 0.387 e. The van der Waals surface area contributed by atoms with Crippen LogP contribution in [0.2, 0.25) is 0 Å². The van der Waals surface area contributed by atoms with Gasteiger partial charge in [0.1, 0.15) is 5.75 Å². The average molecular weight is 339 g/mol. The summed E-state index contributed by atoms with van der Waals surface area (Å²) >= 11 is 1.72. The zero-order valence-corrected chi connectivity index (χ0v) is 13.3.